The molecule has 0 bridgehead atoms. The predicted octanol–water partition coefficient (Wildman–Crippen LogP) is 4.71. The third kappa shape index (κ3) is 2.76. The third-order valence-corrected chi connectivity index (χ3v) is 4.51. The first-order chi connectivity index (χ1) is 9.23. The molecular formula is C18H26O. The number of unbranched alkanes of at least 4 members (excludes halogenated alkanes) is 1. The molecule has 0 aromatic rings. The summed E-state index contributed by atoms with van der Waals surface area (Å²) in [5.74, 6) is 0.338. The van der Waals surface area contributed by atoms with Gasteiger partial charge in [-0.3, -0.25) is 0 Å². The smallest absolute Gasteiger partial charge is 0.111 e. The summed E-state index contributed by atoms with van der Waals surface area (Å²) in [6.45, 7) is 4.43. The van der Waals surface area contributed by atoms with Gasteiger partial charge in [-0.05, 0) is 42.7 Å². The number of hydrogen-bond donors (Lipinski definition) is 1. The van der Waals surface area contributed by atoms with Gasteiger partial charge in [0.25, 0.3) is 0 Å². The summed E-state index contributed by atoms with van der Waals surface area (Å²) >= 11 is 0. The van der Waals surface area contributed by atoms with E-state index < -0.39 is 5.60 Å². The van der Waals surface area contributed by atoms with E-state index in [4.69, 9.17) is 0 Å². The van der Waals surface area contributed by atoms with Crippen LogP contribution in [-0.4, -0.2) is 10.7 Å². The molecule has 1 nitrogen and oxygen atoms in total. The molecule has 0 saturated heterocycles. The fourth-order valence-electron chi connectivity index (χ4n) is 3.35. The van der Waals surface area contributed by atoms with Crippen molar-refractivity contribution in [1.29, 1.82) is 0 Å². The molecule has 0 spiro atoms. The van der Waals surface area contributed by atoms with E-state index in [0.717, 1.165) is 25.7 Å². The summed E-state index contributed by atoms with van der Waals surface area (Å²) in [5, 5.41) is 11.5. The lowest BCUT2D eigenvalue weighted by Crippen LogP contribution is -2.41. The van der Waals surface area contributed by atoms with Crippen molar-refractivity contribution in [3.8, 4) is 0 Å². The lowest BCUT2D eigenvalue weighted by Gasteiger charge is -2.39. The van der Waals surface area contributed by atoms with E-state index >= 15 is 0 Å². The van der Waals surface area contributed by atoms with Crippen molar-refractivity contribution in [3.63, 3.8) is 0 Å². The molecule has 0 saturated carbocycles. The maximum absolute atomic E-state index is 11.5. The van der Waals surface area contributed by atoms with Crippen LogP contribution in [0.25, 0.3) is 0 Å². The summed E-state index contributed by atoms with van der Waals surface area (Å²) in [6.07, 6.45) is 19.0. The average Bonchev–Trinajstić information content (AvgIpc) is 3.12. The highest BCUT2D eigenvalue weighted by molar-refractivity contribution is 5.44. The van der Waals surface area contributed by atoms with Crippen molar-refractivity contribution in [2.24, 2.45) is 5.92 Å². The second-order valence-electron chi connectivity index (χ2n) is 5.66. The highest BCUT2D eigenvalue weighted by Gasteiger charge is 2.41. The van der Waals surface area contributed by atoms with Crippen LogP contribution in [0.2, 0.25) is 0 Å². The standard InChI is InChI=1S/C18H26O/c1-3-5-10-15(4-2)18(19,16-11-6-7-12-16)17-13-8-9-14-17/h6-9,11,13,15,19H,3-5,10,12,14H2,1-2H3. The maximum atomic E-state index is 11.5. The molecule has 104 valence electrons. The highest BCUT2D eigenvalue weighted by Crippen LogP contribution is 2.43. The van der Waals surface area contributed by atoms with Crippen LogP contribution in [-0.2, 0) is 0 Å². The van der Waals surface area contributed by atoms with Crippen molar-refractivity contribution in [1.82, 2.24) is 0 Å². The Labute approximate surface area is 117 Å². The van der Waals surface area contributed by atoms with Crippen molar-refractivity contribution >= 4 is 0 Å². The molecule has 0 radical (unpaired) electrons. The van der Waals surface area contributed by atoms with Crippen LogP contribution >= 0.6 is 0 Å². The van der Waals surface area contributed by atoms with Gasteiger partial charge in [-0.15, -0.1) is 0 Å². The first-order valence-electron chi connectivity index (χ1n) is 7.68. The van der Waals surface area contributed by atoms with Gasteiger partial charge in [0.05, 0.1) is 0 Å². The van der Waals surface area contributed by atoms with Gasteiger partial charge in [0.2, 0.25) is 0 Å². The van der Waals surface area contributed by atoms with Gasteiger partial charge in [0.15, 0.2) is 0 Å². The number of allylic oxidation sites excluding steroid dienone is 6. The lowest BCUT2D eigenvalue weighted by atomic mass is 9.71. The topological polar surface area (TPSA) is 20.2 Å². The monoisotopic (exact) mass is 258 g/mol. The zero-order chi connectivity index (χ0) is 13.7. The maximum Gasteiger partial charge on any atom is 0.111 e. The van der Waals surface area contributed by atoms with Gasteiger partial charge in [-0.1, -0.05) is 63.1 Å². The Morgan fingerprint density at radius 2 is 1.68 bits per heavy atom. The second-order valence-corrected chi connectivity index (χ2v) is 5.66. The summed E-state index contributed by atoms with van der Waals surface area (Å²) < 4.78 is 0. The predicted molar refractivity (Wildman–Crippen MR) is 81.9 cm³/mol. The minimum absolute atomic E-state index is 0.338. The Kier molecular flexibility index (Phi) is 4.81. The van der Waals surface area contributed by atoms with Gasteiger partial charge >= 0.3 is 0 Å². The molecule has 1 atom stereocenters. The number of rotatable bonds is 7. The Hall–Kier alpha value is -1.08. The van der Waals surface area contributed by atoms with E-state index in [9.17, 15) is 5.11 Å². The van der Waals surface area contributed by atoms with E-state index in [0.29, 0.717) is 5.92 Å². The molecule has 0 aromatic heterocycles. The molecule has 2 aliphatic rings. The molecule has 0 fully saturated rings. The molecule has 1 unspecified atom stereocenters. The Morgan fingerprint density at radius 3 is 2.05 bits per heavy atom. The average molecular weight is 258 g/mol. The summed E-state index contributed by atoms with van der Waals surface area (Å²) in [7, 11) is 0. The van der Waals surface area contributed by atoms with Crippen molar-refractivity contribution in [2.45, 2.75) is 58.0 Å². The SMILES string of the molecule is CCCCC(CC)C(O)(C1=CC=CC1)C1=CC=CC1. The Bertz CT molecular complexity index is 393. The molecule has 0 aromatic carbocycles. The molecule has 2 rings (SSSR count). The zero-order valence-corrected chi connectivity index (χ0v) is 12.2. The van der Waals surface area contributed by atoms with Crippen LogP contribution in [0.5, 0.6) is 0 Å². The first-order valence-corrected chi connectivity index (χ1v) is 7.68. The number of hydrogen-bond acceptors (Lipinski definition) is 1. The van der Waals surface area contributed by atoms with Crippen LogP contribution in [0.4, 0.5) is 0 Å². The minimum Gasteiger partial charge on any atom is -0.381 e. The third-order valence-electron chi connectivity index (χ3n) is 4.51. The van der Waals surface area contributed by atoms with Gasteiger partial charge in [0, 0.05) is 0 Å². The fourth-order valence-corrected chi connectivity index (χ4v) is 3.35. The van der Waals surface area contributed by atoms with Crippen LogP contribution in [0.3, 0.4) is 0 Å². The lowest BCUT2D eigenvalue weighted by molar-refractivity contribution is 0.0413. The van der Waals surface area contributed by atoms with E-state index in [-0.39, 0.29) is 0 Å². The quantitative estimate of drug-likeness (QED) is 0.701. The first kappa shape index (κ1) is 14.3. The number of aliphatic hydroxyl groups is 1. The zero-order valence-electron chi connectivity index (χ0n) is 12.2. The van der Waals surface area contributed by atoms with Gasteiger partial charge in [-0.2, -0.15) is 0 Å². The van der Waals surface area contributed by atoms with E-state index in [1.54, 1.807) is 0 Å². The van der Waals surface area contributed by atoms with E-state index in [1.165, 1.54) is 24.0 Å². The van der Waals surface area contributed by atoms with Crippen molar-refractivity contribution in [3.05, 3.63) is 47.6 Å². The van der Waals surface area contributed by atoms with Crippen LogP contribution in [0.1, 0.15) is 52.4 Å². The molecule has 0 aliphatic heterocycles. The fraction of sp³-hybridized carbons (Fsp3) is 0.556. The summed E-state index contributed by atoms with van der Waals surface area (Å²) in [5.41, 5.74) is 1.65. The minimum atomic E-state index is -0.725. The highest BCUT2D eigenvalue weighted by atomic mass is 16.3. The summed E-state index contributed by atoms with van der Waals surface area (Å²) in [6, 6.07) is 0. The van der Waals surface area contributed by atoms with Crippen LogP contribution in [0.15, 0.2) is 47.6 Å². The Balaban J connectivity index is 2.27. The Morgan fingerprint density at radius 1 is 1.11 bits per heavy atom. The normalized spacial score (nSPS) is 19.7. The largest absolute Gasteiger partial charge is 0.381 e. The van der Waals surface area contributed by atoms with Crippen LogP contribution < -0.4 is 0 Å². The van der Waals surface area contributed by atoms with Gasteiger partial charge in [0.1, 0.15) is 5.60 Å². The molecule has 2 aliphatic carbocycles. The summed E-state index contributed by atoms with van der Waals surface area (Å²) in [4.78, 5) is 0. The second kappa shape index (κ2) is 6.38. The molecule has 0 heterocycles. The molecule has 19 heavy (non-hydrogen) atoms. The molecule has 1 heteroatoms. The molecule has 0 amide bonds. The molecule has 1 N–H and O–H groups in total. The van der Waals surface area contributed by atoms with Crippen molar-refractivity contribution in [2.75, 3.05) is 0 Å². The van der Waals surface area contributed by atoms with E-state index in [1.807, 2.05) is 0 Å². The van der Waals surface area contributed by atoms with Gasteiger partial charge in [-0.25, -0.2) is 0 Å². The van der Waals surface area contributed by atoms with E-state index in [2.05, 4.69) is 50.3 Å². The van der Waals surface area contributed by atoms with Gasteiger partial charge < -0.3 is 5.11 Å². The van der Waals surface area contributed by atoms with Crippen LogP contribution in [0, 0.1) is 5.92 Å². The van der Waals surface area contributed by atoms with Crippen molar-refractivity contribution < 1.29 is 5.11 Å². The molecular weight excluding hydrogens is 232 g/mol.